The van der Waals surface area contributed by atoms with Crippen molar-refractivity contribution in [3.8, 4) is 16.9 Å². The lowest BCUT2D eigenvalue weighted by Crippen LogP contribution is -2.24. The number of aromatic hydroxyl groups is 1. The Bertz CT molecular complexity index is 866. The number of rotatable bonds is 6. The van der Waals surface area contributed by atoms with Gasteiger partial charge in [-0.25, -0.2) is 4.79 Å². The molecule has 0 heterocycles. The molecule has 2 rings (SSSR count). The second-order valence-electron chi connectivity index (χ2n) is 9.96. The van der Waals surface area contributed by atoms with Crippen LogP contribution in [0.2, 0.25) is 0 Å². The number of unbranched alkanes of at least 4 members (excludes halogenated alkanes) is 2. The molecule has 0 aliphatic carbocycles. The molecule has 2 aromatic rings. The molecule has 2 aromatic carbocycles. The number of benzene rings is 2. The first-order valence-electron chi connectivity index (χ1n) is 10.6. The fourth-order valence-electron chi connectivity index (χ4n) is 4.26. The summed E-state index contributed by atoms with van der Waals surface area (Å²) in [5.41, 5.74) is 3.32. The third-order valence-electron chi connectivity index (χ3n) is 5.38. The second kappa shape index (κ2) is 8.61. The van der Waals surface area contributed by atoms with Crippen molar-refractivity contribution >= 4 is 5.97 Å². The fraction of sp³-hybridized carbons (Fsp3) is 0.500. The van der Waals surface area contributed by atoms with Gasteiger partial charge in [0.25, 0.3) is 0 Å². The maximum Gasteiger partial charge on any atom is 0.336 e. The molecule has 0 radical (unpaired) electrons. The molecule has 0 bridgehead atoms. The third kappa shape index (κ3) is 4.83. The summed E-state index contributed by atoms with van der Waals surface area (Å²) < 4.78 is 0. The zero-order chi connectivity index (χ0) is 22.0. The standard InChI is InChI=1S/C26H36O3/c1-8-9-11-16-18-20(24(28)29)19(17-14-12-10-13-15-17)22(26(5,6)7)23(27)21(18)25(2,3)4/h10,12-15,27H,8-9,11,16H2,1-7H3,(H,28,29). The van der Waals surface area contributed by atoms with Crippen LogP contribution in [0.1, 0.15) is 94.8 Å². The van der Waals surface area contributed by atoms with Crippen LogP contribution in [0.15, 0.2) is 30.3 Å². The Morgan fingerprint density at radius 2 is 1.45 bits per heavy atom. The van der Waals surface area contributed by atoms with Crippen LogP contribution in [0.3, 0.4) is 0 Å². The SMILES string of the molecule is CCCCCc1c(C(=O)O)c(-c2ccccc2)c(C(C)(C)C)c(O)c1C(C)(C)C. The van der Waals surface area contributed by atoms with Gasteiger partial charge in [0.15, 0.2) is 0 Å². The summed E-state index contributed by atoms with van der Waals surface area (Å²) in [7, 11) is 0. The number of hydrogen-bond donors (Lipinski definition) is 2. The largest absolute Gasteiger partial charge is 0.507 e. The van der Waals surface area contributed by atoms with Crippen LogP contribution in [-0.4, -0.2) is 16.2 Å². The van der Waals surface area contributed by atoms with Gasteiger partial charge in [-0.1, -0.05) is 91.6 Å². The van der Waals surface area contributed by atoms with E-state index in [4.69, 9.17) is 0 Å². The van der Waals surface area contributed by atoms with Crippen LogP contribution < -0.4 is 0 Å². The van der Waals surface area contributed by atoms with Crippen molar-refractivity contribution in [2.45, 2.75) is 85.0 Å². The van der Waals surface area contributed by atoms with Crippen LogP contribution in [0.5, 0.6) is 5.75 Å². The number of carbonyl (C=O) groups is 1. The topological polar surface area (TPSA) is 57.5 Å². The number of hydrogen-bond acceptors (Lipinski definition) is 2. The Morgan fingerprint density at radius 3 is 1.90 bits per heavy atom. The van der Waals surface area contributed by atoms with Crippen molar-refractivity contribution in [3.63, 3.8) is 0 Å². The minimum absolute atomic E-state index is 0.250. The third-order valence-corrected chi connectivity index (χ3v) is 5.38. The molecule has 29 heavy (non-hydrogen) atoms. The highest BCUT2D eigenvalue weighted by Gasteiger charge is 2.36. The van der Waals surface area contributed by atoms with E-state index in [1.54, 1.807) is 0 Å². The van der Waals surface area contributed by atoms with Gasteiger partial charge in [-0.15, -0.1) is 0 Å². The van der Waals surface area contributed by atoms with E-state index >= 15 is 0 Å². The first-order valence-corrected chi connectivity index (χ1v) is 10.6. The van der Waals surface area contributed by atoms with Crippen molar-refractivity contribution in [2.24, 2.45) is 0 Å². The van der Waals surface area contributed by atoms with Gasteiger partial charge in [-0.3, -0.25) is 0 Å². The van der Waals surface area contributed by atoms with Crippen molar-refractivity contribution < 1.29 is 15.0 Å². The summed E-state index contributed by atoms with van der Waals surface area (Å²) in [4.78, 5) is 12.6. The zero-order valence-electron chi connectivity index (χ0n) is 19.0. The smallest absolute Gasteiger partial charge is 0.336 e. The van der Waals surface area contributed by atoms with Gasteiger partial charge < -0.3 is 10.2 Å². The summed E-state index contributed by atoms with van der Waals surface area (Å²) in [5.74, 6) is -0.674. The van der Waals surface area contributed by atoms with Crippen LogP contribution in [0, 0.1) is 0 Å². The Kier molecular flexibility index (Phi) is 6.82. The molecule has 2 N–H and O–H groups in total. The van der Waals surface area contributed by atoms with Crippen molar-refractivity contribution in [2.75, 3.05) is 0 Å². The number of carboxylic acid groups (broad SMARTS) is 1. The Labute approximate surface area is 175 Å². The Balaban J connectivity index is 3.07. The number of carboxylic acids is 1. The highest BCUT2D eigenvalue weighted by atomic mass is 16.4. The van der Waals surface area contributed by atoms with Gasteiger partial charge in [-0.05, 0) is 34.8 Å². The van der Waals surface area contributed by atoms with E-state index in [2.05, 4.69) is 6.92 Å². The van der Waals surface area contributed by atoms with Gasteiger partial charge in [0.05, 0.1) is 5.56 Å². The van der Waals surface area contributed by atoms with Crippen LogP contribution >= 0.6 is 0 Å². The van der Waals surface area contributed by atoms with E-state index < -0.39 is 11.4 Å². The monoisotopic (exact) mass is 396 g/mol. The molecular weight excluding hydrogens is 360 g/mol. The molecule has 0 amide bonds. The first-order chi connectivity index (χ1) is 13.4. The average molecular weight is 397 g/mol. The average Bonchev–Trinajstić information content (AvgIpc) is 2.59. The molecule has 0 aliphatic rings. The molecule has 0 saturated heterocycles. The van der Waals surface area contributed by atoms with Gasteiger partial charge >= 0.3 is 5.97 Å². The first kappa shape index (κ1) is 23.0. The van der Waals surface area contributed by atoms with Crippen molar-refractivity contribution in [3.05, 3.63) is 52.6 Å². The lowest BCUT2D eigenvalue weighted by Gasteiger charge is -2.33. The zero-order valence-corrected chi connectivity index (χ0v) is 19.0. The maximum atomic E-state index is 12.6. The van der Waals surface area contributed by atoms with Gasteiger partial charge in [0.2, 0.25) is 0 Å². The minimum atomic E-state index is -0.925. The normalized spacial score (nSPS) is 12.2. The molecular formula is C26H36O3. The molecule has 0 aromatic heterocycles. The van der Waals surface area contributed by atoms with Crippen LogP contribution in [0.25, 0.3) is 11.1 Å². The van der Waals surface area contributed by atoms with Gasteiger partial charge in [0.1, 0.15) is 5.75 Å². The highest BCUT2D eigenvalue weighted by Crippen LogP contribution is 2.49. The van der Waals surface area contributed by atoms with E-state index in [0.29, 0.717) is 23.1 Å². The van der Waals surface area contributed by atoms with Gasteiger partial charge in [-0.2, -0.15) is 0 Å². The maximum absolute atomic E-state index is 12.6. The fourth-order valence-corrected chi connectivity index (χ4v) is 4.26. The van der Waals surface area contributed by atoms with E-state index in [9.17, 15) is 15.0 Å². The quantitative estimate of drug-likeness (QED) is 0.513. The predicted octanol–water partition coefficient (Wildman–Crippen LogP) is 7.09. The van der Waals surface area contributed by atoms with E-state index in [0.717, 1.165) is 36.0 Å². The number of phenolic OH excluding ortho intramolecular Hbond substituents is 1. The van der Waals surface area contributed by atoms with E-state index in [1.165, 1.54) is 0 Å². The van der Waals surface area contributed by atoms with Crippen LogP contribution in [-0.2, 0) is 17.3 Å². The number of phenols is 1. The molecule has 3 nitrogen and oxygen atoms in total. The van der Waals surface area contributed by atoms with E-state index in [-0.39, 0.29) is 11.2 Å². The Hall–Kier alpha value is -2.29. The summed E-state index contributed by atoms with van der Waals surface area (Å²) in [5, 5.41) is 21.9. The van der Waals surface area contributed by atoms with Crippen molar-refractivity contribution in [1.82, 2.24) is 0 Å². The van der Waals surface area contributed by atoms with Crippen LogP contribution in [0.4, 0.5) is 0 Å². The molecule has 0 fully saturated rings. The van der Waals surface area contributed by atoms with Crippen molar-refractivity contribution in [1.29, 1.82) is 0 Å². The highest BCUT2D eigenvalue weighted by molar-refractivity contribution is 6.00. The molecule has 0 atom stereocenters. The predicted molar refractivity (Wildman–Crippen MR) is 121 cm³/mol. The summed E-state index contributed by atoms with van der Waals surface area (Å²) in [6.45, 7) is 14.4. The number of aromatic carboxylic acids is 1. The molecule has 3 heteroatoms. The molecule has 0 unspecified atom stereocenters. The minimum Gasteiger partial charge on any atom is -0.507 e. The van der Waals surface area contributed by atoms with Gasteiger partial charge in [0, 0.05) is 16.7 Å². The second-order valence-corrected chi connectivity index (χ2v) is 9.96. The lowest BCUT2D eigenvalue weighted by molar-refractivity contribution is 0.0696. The molecule has 158 valence electrons. The molecule has 0 saturated carbocycles. The van der Waals surface area contributed by atoms with E-state index in [1.807, 2.05) is 71.9 Å². The lowest BCUT2D eigenvalue weighted by atomic mass is 9.71. The molecule has 0 spiro atoms. The summed E-state index contributed by atoms with van der Waals surface area (Å²) in [6, 6.07) is 9.62. The Morgan fingerprint density at radius 1 is 0.897 bits per heavy atom. The summed E-state index contributed by atoms with van der Waals surface area (Å²) >= 11 is 0. The summed E-state index contributed by atoms with van der Waals surface area (Å²) in [6.07, 6.45) is 3.65. The molecule has 0 aliphatic heterocycles.